The molecule has 0 saturated heterocycles. The lowest BCUT2D eigenvalue weighted by atomic mass is 10.4. The number of hydrogen-bond donors (Lipinski definition) is 0. The normalized spacial score (nSPS) is 10.5. The average Bonchev–Trinajstić information content (AvgIpc) is 2.33. The molecule has 0 aliphatic carbocycles. The van der Waals surface area contributed by atoms with E-state index in [-0.39, 0.29) is 0 Å². The molecule has 0 aliphatic heterocycles. The Bertz CT molecular complexity index is 365. The van der Waals surface area contributed by atoms with Gasteiger partial charge >= 0.3 is 0 Å². The zero-order valence-corrected chi connectivity index (χ0v) is 9.82. The van der Waals surface area contributed by atoms with Crippen LogP contribution >= 0.6 is 20.0 Å². The number of benzene rings is 2. The molecule has 2 aromatic rings. The molecule has 0 saturated carbocycles. The summed E-state index contributed by atoms with van der Waals surface area (Å²) < 4.78 is 5.10. The summed E-state index contributed by atoms with van der Waals surface area (Å²) >= 11 is 5.58. The van der Waals surface area contributed by atoms with Crippen LogP contribution in [-0.2, 0) is 4.08 Å². The summed E-state index contributed by atoms with van der Waals surface area (Å²) in [5, 5.41) is 2.31. The van der Waals surface area contributed by atoms with Crippen LogP contribution < -0.4 is 10.6 Å². The third-order valence-corrected chi connectivity index (χ3v) is 4.48. The maximum Gasteiger partial charge on any atom is 0.222 e. The first-order valence-electron chi connectivity index (χ1n) is 4.68. The topological polar surface area (TPSA) is 9.23 Å². The second-order valence-electron chi connectivity index (χ2n) is 3.14. The molecule has 0 aliphatic rings. The largest absolute Gasteiger partial charge is 0.222 e. The van der Waals surface area contributed by atoms with Gasteiger partial charge in [-0.1, -0.05) is 36.4 Å². The number of rotatable bonds is 3. The van der Waals surface area contributed by atoms with E-state index in [1.807, 2.05) is 60.7 Å². The minimum atomic E-state index is -1.27. The van der Waals surface area contributed by atoms with Gasteiger partial charge < -0.3 is 0 Å². The summed E-state index contributed by atoms with van der Waals surface area (Å²) in [4.78, 5) is 0. The maximum absolute atomic E-state index is 5.58. The lowest BCUT2D eigenvalue weighted by Crippen LogP contribution is -2.10. The number of hydrogen-bond acceptors (Lipinski definition) is 1. The Morgan fingerprint density at radius 1 is 0.733 bits per heavy atom. The van der Waals surface area contributed by atoms with Crippen LogP contribution in [0.5, 0.6) is 0 Å². The highest BCUT2D eigenvalue weighted by Gasteiger charge is 2.23. The van der Waals surface area contributed by atoms with Gasteiger partial charge in [-0.05, 0) is 24.3 Å². The molecule has 0 spiro atoms. The third-order valence-electron chi connectivity index (χ3n) is 2.15. The molecule has 3 heteroatoms. The monoisotopic (exact) mass is 237 g/mol. The molecule has 0 fully saturated rings. The summed E-state index contributed by atoms with van der Waals surface area (Å²) in [7, 11) is -1.27. The van der Waals surface area contributed by atoms with Crippen LogP contribution in [0.4, 0.5) is 0 Å². The van der Waals surface area contributed by atoms with E-state index in [4.69, 9.17) is 15.9 Å². The highest BCUT2D eigenvalue weighted by molar-refractivity contribution is 7.69. The van der Waals surface area contributed by atoms with Crippen LogP contribution in [0.25, 0.3) is 0 Å². The van der Waals surface area contributed by atoms with Crippen LogP contribution in [0.2, 0.25) is 0 Å². The Morgan fingerprint density at radius 2 is 1.13 bits per heavy atom. The molecule has 0 aromatic heterocycles. The van der Waals surface area contributed by atoms with Crippen LogP contribution in [0.3, 0.4) is 0 Å². The van der Waals surface area contributed by atoms with Crippen LogP contribution in [0, 0.1) is 0 Å². The third kappa shape index (κ3) is 2.57. The van der Waals surface area contributed by atoms with Gasteiger partial charge in [0.15, 0.2) is 0 Å². The van der Waals surface area contributed by atoms with E-state index < -0.39 is 8.15 Å². The predicted octanol–water partition coefficient (Wildman–Crippen LogP) is 2.94. The van der Waals surface area contributed by atoms with E-state index in [9.17, 15) is 0 Å². The van der Waals surface area contributed by atoms with Crippen molar-refractivity contribution in [3.8, 4) is 0 Å². The SMILES string of the molecule is ClO[PH+](c1ccccc1)c1ccccc1. The maximum atomic E-state index is 5.58. The molecule has 0 unspecified atom stereocenters. The second kappa shape index (κ2) is 5.27. The van der Waals surface area contributed by atoms with Gasteiger partial charge in [-0.15, -0.1) is 4.08 Å². The molecule has 2 aromatic carbocycles. The van der Waals surface area contributed by atoms with E-state index in [0.717, 1.165) is 10.6 Å². The van der Waals surface area contributed by atoms with Gasteiger partial charge in [-0.25, -0.2) is 0 Å². The standard InChI is InChI=1S/C12H10ClOP/c13-14-15(11-7-3-1-4-8-11)12-9-5-2-6-10-12/h1-10H/p+1. The Kier molecular flexibility index (Phi) is 3.74. The molecule has 2 rings (SSSR count). The van der Waals surface area contributed by atoms with Crippen LogP contribution in [0.1, 0.15) is 0 Å². The van der Waals surface area contributed by atoms with Gasteiger partial charge in [0.05, 0.1) is 0 Å². The van der Waals surface area contributed by atoms with E-state index in [2.05, 4.69) is 0 Å². The molecular formula is C12H11ClOP+. The van der Waals surface area contributed by atoms with Crippen molar-refractivity contribution in [2.75, 3.05) is 0 Å². The molecule has 76 valence electrons. The number of halogens is 1. The van der Waals surface area contributed by atoms with Crippen LogP contribution in [0.15, 0.2) is 60.7 Å². The van der Waals surface area contributed by atoms with Crippen LogP contribution in [-0.4, -0.2) is 0 Å². The lowest BCUT2D eigenvalue weighted by Gasteiger charge is -2.03. The first kappa shape index (κ1) is 10.6. The summed E-state index contributed by atoms with van der Waals surface area (Å²) in [5.41, 5.74) is 0. The van der Waals surface area contributed by atoms with Crippen molar-refractivity contribution in [3.63, 3.8) is 0 Å². The van der Waals surface area contributed by atoms with Gasteiger partial charge in [0.25, 0.3) is 0 Å². The van der Waals surface area contributed by atoms with Gasteiger partial charge in [-0.3, -0.25) is 0 Å². The minimum absolute atomic E-state index is 1.16. The van der Waals surface area contributed by atoms with Gasteiger partial charge in [0.2, 0.25) is 8.15 Å². The first-order valence-corrected chi connectivity index (χ1v) is 6.40. The van der Waals surface area contributed by atoms with Gasteiger partial charge in [-0.2, -0.15) is 0 Å². The molecule has 0 amide bonds. The van der Waals surface area contributed by atoms with Gasteiger partial charge in [0, 0.05) is 0 Å². The van der Waals surface area contributed by atoms with Crippen molar-refractivity contribution in [3.05, 3.63) is 60.7 Å². The Labute approximate surface area is 95.7 Å². The molecule has 0 radical (unpaired) electrons. The van der Waals surface area contributed by atoms with Crippen molar-refractivity contribution < 1.29 is 4.08 Å². The summed E-state index contributed by atoms with van der Waals surface area (Å²) in [6, 6.07) is 20.2. The smallest absolute Gasteiger partial charge is 0.122 e. The lowest BCUT2D eigenvalue weighted by molar-refractivity contribution is 0.709. The van der Waals surface area contributed by atoms with Crippen molar-refractivity contribution in [1.82, 2.24) is 0 Å². The van der Waals surface area contributed by atoms with E-state index >= 15 is 0 Å². The fourth-order valence-electron chi connectivity index (χ4n) is 1.43. The fraction of sp³-hybridized carbons (Fsp3) is 0. The summed E-state index contributed by atoms with van der Waals surface area (Å²) in [6.07, 6.45) is 0. The van der Waals surface area contributed by atoms with Crippen molar-refractivity contribution in [1.29, 1.82) is 0 Å². The Balaban J connectivity index is 2.34. The summed E-state index contributed by atoms with van der Waals surface area (Å²) in [5.74, 6) is 0. The fourth-order valence-corrected chi connectivity index (χ4v) is 3.47. The molecule has 0 heterocycles. The van der Waals surface area contributed by atoms with Crippen molar-refractivity contribution in [2.45, 2.75) is 0 Å². The van der Waals surface area contributed by atoms with E-state index in [1.54, 1.807) is 0 Å². The Morgan fingerprint density at radius 3 is 1.47 bits per heavy atom. The molecule has 0 atom stereocenters. The van der Waals surface area contributed by atoms with E-state index in [1.165, 1.54) is 0 Å². The summed E-state index contributed by atoms with van der Waals surface area (Å²) in [6.45, 7) is 0. The second-order valence-corrected chi connectivity index (χ2v) is 5.57. The highest BCUT2D eigenvalue weighted by atomic mass is 35.5. The molecular weight excluding hydrogens is 227 g/mol. The quantitative estimate of drug-likeness (QED) is 0.746. The van der Waals surface area contributed by atoms with Gasteiger partial charge in [0.1, 0.15) is 22.5 Å². The van der Waals surface area contributed by atoms with Crippen molar-refractivity contribution >= 4 is 30.6 Å². The molecule has 0 bridgehead atoms. The zero-order chi connectivity index (χ0) is 10.5. The minimum Gasteiger partial charge on any atom is -0.122 e. The first-order chi connectivity index (χ1) is 7.42. The predicted molar refractivity (Wildman–Crippen MR) is 67.4 cm³/mol. The average molecular weight is 238 g/mol. The molecule has 0 N–H and O–H groups in total. The van der Waals surface area contributed by atoms with E-state index in [0.29, 0.717) is 0 Å². The highest BCUT2D eigenvalue weighted by Crippen LogP contribution is 2.35. The molecule has 1 nitrogen and oxygen atoms in total. The van der Waals surface area contributed by atoms with Crippen molar-refractivity contribution in [2.24, 2.45) is 0 Å². The zero-order valence-electron chi connectivity index (χ0n) is 8.06. The Hall–Kier alpha value is -0.880. The molecule has 15 heavy (non-hydrogen) atoms.